The summed E-state index contributed by atoms with van der Waals surface area (Å²) in [5.74, 6) is -0.970. The third kappa shape index (κ3) is 1.09. The van der Waals surface area contributed by atoms with Crippen LogP contribution in [0.3, 0.4) is 0 Å². The Morgan fingerprint density at radius 2 is 2.14 bits per heavy atom. The van der Waals surface area contributed by atoms with Crippen molar-refractivity contribution in [1.82, 2.24) is 0 Å². The number of alkyl halides is 1. The van der Waals surface area contributed by atoms with E-state index < -0.39 is 11.5 Å². The smallest absolute Gasteiger partial charge is 0.236 e. The molecule has 0 bridgehead atoms. The maximum atomic E-state index is 14.1. The molecule has 14 heavy (non-hydrogen) atoms. The number of carbonyl (C=O) groups is 2. The van der Waals surface area contributed by atoms with E-state index in [2.05, 4.69) is 0 Å². The van der Waals surface area contributed by atoms with Gasteiger partial charge in [-0.3, -0.25) is 9.59 Å². The predicted octanol–water partition coefficient (Wildman–Crippen LogP) is 1.57. The largest absolute Gasteiger partial charge is 0.294 e. The second-order valence-corrected chi connectivity index (χ2v) is 3.44. The normalized spacial score (nSPS) is 24.4. The van der Waals surface area contributed by atoms with Crippen LogP contribution in [0.15, 0.2) is 24.3 Å². The van der Waals surface area contributed by atoms with Crippen LogP contribution in [-0.4, -0.2) is 12.1 Å². The Morgan fingerprint density at radius 1 is 1.43 bits per heavy atom. The molecular formula is C11H9FO2. The number of hydrogen-bond donors (Lipinski definition) is 0. The number of ketones is 1. The van der Waals surface area contributed by atoms with Gasteiger partial charge < -0.3 is 0 Å². The maximum Gasteiger partial charge on any atom is 0.236 e. The molecule has 0 saturated heterocycles. The number of fused-ring (bicyclic) bond motifs is 1. The van der Waals surface area contributed by atoms with Crippen molar-refractivity contribution in [1.29, 1.82) is 0 Å². The Kier molecular flexibility index (Phi) is 1.95. The topological polar surface area (TPSA) is 34.1 Å². The summed E-state index contributed by atoms with van der Waals surface area (Å²) in [5, 5.41) is 0. The monoisotopic (exact) mass is 192 g/mol. The van der Waals surface area contributed by atoms with Crippen molar-refractivity contribution >= 4 is 12.1 Å². The van der Waals surface area contributed by atoms with Crippen LogP contribution >= 0.6 is 0 Å². The summed E-state index contributed by atoms with van der Waals surface area (Å²) >= 11 is 0. The molecule has 1 aliphatic rings. The Morgan fingerprint density at radius 3 is 2.86 bits per heavy atom. The molecule has 2 nitrogen and oxygen atoms in total. The molecule has 1 atom stereocenters. The average Bonchev–Trinajstić information content (AvgIpc) is 2.58. The number of aryl methyl sites for hydroxylation is 1. The first kappa shape index (κ1) is 9.06. The molecule has 1 aromatic rings. The minimum Gasteiger partial charge on any atom is -0.294 e. The summed E-state index contributed by atoms with van der Waals surface area (Å²) in [5.41, 5.74) is -0.888. The average molecular weight is 192 g/mol. The van der Waals surface area contributed by atoms with E-state index in [1.807, 2.05) is 0 Å². The van der Waals surface area contributed by atoms with Crippen molar-refractivity contribution in [2.45, 2.75) is 18.5 Å². The van der Waals surface area contributed by atoms with Crippen LogP contribution in [-0.2, 0) is 21.7 Å². The minimum atomic E-state index is -2.07. The second kappa shape index (κ2) is 3.01. The molecule has 0 N–H and O–H groups in total. The fourth-order valence-corrected chi connectivity index (χ4v) is 1.92. The van der Waals surface area contributed by atoms with Gasteiger partial charge in [-0.15, -0.1) is 0 Å². The molecule has 0 saturated carbocycles. The zero-order chi connectivity index (χ0) is 10.2. The van der Waals surface area contributed by atoms with Gasteiger partial charge in [-0.05, 0) is 18.4 Å². The molecule has 0 aromatic heterocycles. The molecule has 1 aliphatic carbocycles. The number of aldehydes is 1. The van der Waals surface area contributed by atoms with Gasteiger partial charge in [0.2, 0.25) is 11.5 Å². The van der Waals surface area contributed by atoms with Crippen LogP contribution in [0.1, 0.15) is 17.5 Å². The number of Topliss-reactive ketones (excluding diaryl/α,β-unsaturated/α-hetero) is 1. The van der Waals surface area contributed by atoms with Crippen molar-refractivity contribution in [3.8, 4) is 0 Å². The van der Waals surface area contributed by atoms with Gasteiger partial charge in [0.1, 0.15) is 0 Å². The Labute approximate surface area is 80.7 Å². The van der Waals surface area contributed by atoms with E-state index in [0.29, 0.717) is 12.0 Å². The molecule has 2 rings (SSSR count). The first-order valence-corrected chi connectivity index (χ1v) is 4.45. The van der Waals surface area contributed by atoms with Crippen LogP contribution in [0.5, 0.6) is 0 Å². The standard InChI is InChI=1S/C11H9FO2/c12-11(10(14)7-13)6-5-8-3-1-2-4-9(8)11/h1-4,7H,5-6H2. The molecule has 3 heteroatoms. The quantitative estimate of drug-likeness (QED) is 0.526. The van der Waals surface area contributed by atoms with Gasteiger partial charge in [0.25, 0.3) is 0 Å². The first-order valence-electron chi connectivity index (χ1n) is 4.45. The molecule has 1 unspecified atom stereocenters. The van der Waals surface area contributed by atoms with E-state index in [1.54, 1.807) is 24.3 Å². The fraction of sp³-hybridized carbons (Fsp3) is 0.273. The Bertz CT molecular complexity index is 400. The summed E-state index contributed by atoms with van der Waals surface area (Å²) in [6.45, 7) is 0. The van der Waals surface area contributed by atoms with E-state index in [9.17, 15) is 14.0 Å². The van der Waals surface area contributed by atoms with Crippen molar-refractivity contribution in [2.24, 2.45) is 0 Å². The number of carbonyl (C=O) groups excluding carboxylic acids is 2. The van der Waals surface area contributed by atoms with Crippen molar-refractivity contribution in [3.63, 3.8) is 0 Å². The summed E-state index contributed by atoms with van der Waals surface area (Å²) in [4.78, 5) is 21.5. The van der Waals surface area contributed by atoms with Gasteiger partial charge >= 0.3 is 0 Å². The van der Waals surface area contributed by atoms with Gasteiger partial charge in [-0.2, -0.15) is 0 Å². The molecule has 0 fully saturated rings. The summed E-state index contributed by atoms with van der Waals surface area (Å²) in [7, 11) is 0. The maximum absolute atomic E-state index is 14.1. The lowest BCUT2D eigenvalue weighted by molar-refractivity contribution is -0.138. The highest BCUT2D eigenvalue weighted by molar-refractivity contribution is 6.29. The Balaban J connectivity index is 2.52. The van der Waals surface area contributed by atoms with Gasteiger partial charge in [-0.1, -0.05) is 24.3 Å². The fourth-order valence-electron chi connectivity index (χ4n) is 1.92. The van der Waals surface area contributed by atoms with Crippen molar-refractivity contribution in [2.75, 3.05) is 0 Å². The molecule has 0 amide bonds. The lowest BCUT2D eigenvalue weighted by Gasteiger charge is -2.15. The first-order chi connectivity index (χ1) is 6.68. The summed E-state index contributed by atoms with van der Waals surface area (Å²) in [6, 6.07) is 6.84. The number of rotatable bonds is 2. The van der Waals surface area contributed by atoms with Crippen LogP contribution in [0.4, 0.5) is 4.39 Å². The lowest BCUT2D eigenvalue weighted by atomic mass is 9.94. The van der Waals surface area contributed by atoms with Crippen LogP contribution in [0, 0.1) is 0 Å². The van der Waals surface area contributed by atoms with E-state index in [0.717, 1.165) is 5.56 Å². The molecule has 0 radical (unpaired) electrons. The molecule has 0 aliphatic heterocycles. The summed E-state index contributed by atoms with van der Waals surface area (Å²) in [6.07, 6.45) is 0.679. The van der Waals surface area contributed by atoms with Crippen molar-refractivity contribution in [3.05, 3.63) is 35.4 Å². The third-order valence-electron chi connectivity index (χ3n) is 2.68. The zero-order valence-electron chi connectivity index (χ0n) is 7.50. The Hall–Kier alpha value is -1.51. The van der Waals surface area contributed by atoms with Crippen LogP contribution in [0.25, 0.3) is 0 Å². The second-order valence-electron chi connectivity index (χ2n) is 3.44. The molecule has 72 valence electrons. The SMILES string of the molecule is O=CC(=O)C1(F)CCc2ccccc21. The van der Waals surface area contributed by atoms with Gasteiger partial charge in [0.05, 0.1) is 0 Å². The number of halogens is 1. The van der Waals surface area contributed by atoms with E-state index in [-0.39, 0.29) is 12.7 Å². The highest BCUT2D eigenvalue weighted by atomic mass is 19.1. The van der Waals surface area contributed by atoms with Crippen molar-refractivity contribution < 1.29 is 14.0 Å². The van der Waals surface area contributed by atoms with E-state index >= 15 is 0 Å². The zero-order valence-corrected chi connectivity index (χ0v) is 7.50. The number of benzene rings is 1. The molecular weight excluding hydrogens is 183 g/mol. The highest BCUT2D eigenvalue weighted by Gasteiger charge is 2.45. The molecule has 1 aromatic carbocycles. The third-order valence-corrected chi connectivity index (χ3v) is 2.68. The van der Waals surface area contributed by atoms with Crippen LogP contribution in [0.2, 0.25) is 0 Å². The highest BCUT2D eigenvalue weighted by Crippen LogP contribution is 2.40. The molecule has 0 spiro atoms. The van der Waals surface area contributed by atoms with Gasteiger partial charge in [0.15, 0.2) is 6.29 Å². The minimum absolute atomic E-state index is 0.0715. The predicted molar refractivity (Wildman–Crippen MR) is 48.6 cm³/mol. The number of hydrogen-bond acceptors (Lipinski definition) is 2. The molecule has 0 heterocycles. The van der Waals surface area contributed by atoms with Crippen LogP contribution < -0.4 is 0 Å². The summed E-state index contributed by atoms with van der Waals surface area (Å²) < 4.78 is 14.1. The van der Waals surface area contributed by atoms with Gasteiger partial charge in [0, 0.05) is 5.56 Å². The van der Waals surface area contributed by atoms with Gasteiger partial charge in [-0.25, -0.2) is 4.39 Å². The lowest BCUT2D eigenvalue weighted by Crippen LogP contribution is -2.29. The van der Waals surface area contributed by atoms with E-state index in [4.69, 9.17) is 0 Å². The van der Waals surface area contributed by atoms with E-state index in [1.165, 1.54) is 0 Å².